The minimum absolute atomic E-state index is 0.236. The third-order valence-electron chi connectivity index (χ3n) is 3.56. The molecule has 0 unspecified atom stereocenters. The Morgan fingerprint density at radius 2 is 2.00 bits per heavy atom. The Bertz CT molecular complexity index is 785. The normalized spacial score (nSPS) is 12.0. The molecule has 0 N–H and O–H groups in total. The van der Waals surface area contributed by atoms with Crippen LogP contribution in [-0.4, -0.2) is 50.8 Å². The van der Waals surface area contributed by atoms with Gasteiger partial charge in [-0.3, -0.25) is 13.9 Å². The molecule has 2 aromatic heterocycles. The second-order valence-electron chi connectivity index (χ2n) is 6.38. The summed E-state index contributed by atoms with van der Waals surface area (Å²) in [6.45, 7) is 6.14. The molecule has 0 atom stereocenters. The molecule has 0 radical (unpaired) electrons. The Labute approximate surface area is 134 Å². The Balaban J connectivity index is 2.40. The van der Waals surface area contributed by atoms with Gasteiger partial charge in [-0.1, -0.05) is 13.8 Å². The molecule has 2 heterocycles. The van der Waals surface area contributed by atoms with Crippen LogP contribution in [-0.2, 0) is 25.1 Å². The number of aromatic nitrogens is 4. The van der Waals surface area contributed by atoms with E-state index in [1.807, 2.05) is 32.8 Å². The molecule has 0 amide bonds. The van der Waals surface area contributed by atoms with Gasteiger partial charge in [-0.15, -0.1) is 0 Å². The first-order chi connectivity index (χ1) is 10.8. The monoisotopic (exact) mass is 323 g/mol. The molecule has 0 spiro atoms. The topological polar surface area (TPSA) is 74.3 Å². The van der Waals surface area contributed by atoms with Gasteiger partial charge in [-0.2, -0.15) is 0 Å². The van der Waals surface area contributed by atoms with Crippen molar-refractivity contribution in [2.45, 2.75) is 27.1 Å². The maximum atomic E-state index is 12.4. The molecule has 0 aliphatic carbocycles. The average Bonchev–Trinajstić information content (AvgIpc) is 2.89. The predicted molar refractivity (Wildman–Crippen MR) is 88.6 cm³/mol. The molecule has 0 saturated heterocycles. The van der Waals surface area contributed by atoms with Gasteiger partial charge in [0.1, 0.15) is 6.73 Å². The van der Waals surface area contributed by atoms with Crippen LogP contribution in [0, 0.1) is 5.92 Å². The Hall–Kier alpha value is -1.93. The van der Waals surface area contributed by atoms with Crippen LogP contribution in [0.1, 0.15) is 13.8 Å². The van der Waals surface area contributed by atoms with E-state index in [-0.39, 0.29) is 23.9 Å². The smallest absolute Gasteiger partial charge is 0.332 e. The fourth-order valence-electron chi connectivity index (χ4n) is 2.34. The molecular weight excluding hydrogens is 298 g/mol. The molecule has 128 valence electrons. The Kier molecular flexibility index (Phi) is 5.38. The third kappa shape index (κ3) is 3.70. The minimum Gasteiger partial charge on any atom is -0.359 e. The Morgan fingerprint density at radius 3 is 2.61 bits per heavy atom. The van der Waals surface area contributed by atoms with E-state index < -0.39 is 0 Å². The number of fused-ring (bicyclic) bond motifs is 1. The molecule has 0 aromatic carbocycles. The number of likely N-dealkylation sites (N-methyl/N-ethyl adjacent to an activating group) is 1. The number of ether oxygens (including phenoxy) is 1. The van der Waals surface area contributed by atoms with Crippen molar-refractivity contribution < 1.29 is 4.74 Å². The molecule has 8 nitrogen and oxygen atoms in total. The first-order valence-corrected chi connectivity index (χ1v) is 7.70. The van der Waals surface area contributed by atoms with Gasteiger partial charge in [0, 0.05) is 20.1 Å². The SMILES string of the molecule is CC(C)Cn1c(=O)n(C)c(=O)c2c1ncn2COCCN(C)C. The second-order valence-corrected chi connectivity index (χ2v) is 6.38. The summed E-state index contributed by atoms with van der Waals surface area (Å²) in [5.41, 5.74) is 0.134. The van der Waals surface area contributed by atoms with Crippen LogP contribution in [0.2, 0.25) is 0 Å². The van der Waals surface area contributed by atoms with Crippen LogP contribution >= 0.6 is 0 Å². The summed E-state index contributed by atoms with van der Waals surface area (Å²) in [7, 11) is 5.43. The molecule has 0 fully saturated rings. The lowest BCUT2D eigenvalue weighted by atomic mass is 10.2. The van der Waals surface area contributed by atoms with Gasteiger partial charge in [0.05, 0.1) is 12.9 Å². The van der Waals surface area contributed by atoms with Gasteiger partial charge >= 0.3 is 5.69 Å². The number of rotatable bonds is 7. The fourth-order valence-corrected chi connectivity index (χ4v) is 2.34. The van der Waals surface area contributed by atoms with Crippen LogP contribution in [0.4, 0.5) is 0 Å². The van der Waals surface area contributed by atoms with E-state index in [1.165, 1.54) is 7.05 Å². The summed E-state index contributed by atoms with van der Waals surface area (Å²) < 4.78 is 9.93. The van der Waals surface area contributed by atoms with Crippen LogP contribution in [0.25, 0.3) is 11.2 Å². The average molecular weight is 323 g/mol. The second kappa shape index (κ2) is 7.10. The third-order valence-corrected chi connectivity index (χ3v) is 3.56. The van der Waals surface area contributed by atoms with Gasteiger partial charge in [-0.05, 0) is 20.0 Å². The molecule has 23 heavy (non-hydrogen) atoms. The zero-order valence-corrected chi connectivity index (χ0v) is 14.4. The summed E-state index contributed by atoms with van der Waals surface area (Å²) in [6, 6.07) is 0. The van der Waals surface area contributed by atoms with E-state index >= 15 is 0 Å². The highest BCUT2D eigenvalue weighted by Gasteiger charge is 2.16. The van der Waals surface area contributed by atoms with Crippen molar-refractivity contribution in [2.24, 2.45) is 13.0 Å². The lowest BCUT2D eigenvalue weighted by Gasteiger charge is -2.12. The van der Waals surface area contributed by atoms with Crippen molar-refractivity contribution in [3.05, 3.63) is 27.2 Å². The molecular formula is C15H25N5O3. The highest BCUT2D eigenvalue weighted by molar-refractivity contribution is 5.69. The van der Waals surface area contributed by atoms with E-state index in [1.54, 1.807) is 15.5 Å². The maximum Gasteiger partial charge on any atom is 0.332 e. The molecule has 8 heteroatoms. The van der Waals surface area contributed by atoms with Gasteiger partial charge < -0.3 is 14.2 Å². The van der Waals surface area contributed by atoms with Crippen molar-refractivity contribution in [3.8, 4) is 0 Å². The van der Waals surface area contributed by atoms with E-state index in [9.17, 15) is 9.59 Å². The van der Waals surface area contributed by atoms with Gasteiger partial charge in [0.15, 0.2) is 11.2 Å². The quantitative estimate of drug-likeness (QED) is 0.675. The predicted octanol–water partition coefficient (Wildman–Crippen LogP) is 0.0884. The summed E-state index contributed by atoms with van der Waals surface area (Å²) >= 11 is 0. The summed E-state index contributed by atoms with van der Waals surface area (Å²) in [5, 5.41) is 0. The van der Waals surface area contributed by atoms with Crippen molar-refractivity contribution in [1.82, 2.24) is 23.6 Å². The van der Waals surface area contributed by atoms with Crippen LogP contribution in [0.15, 0.2) is 15.9 Å². The molecule has 0 aliphatic heterocycles. The number of hydrogen-bond donors (Lipinski definition) is 0. The highest BCUT2D eigenvalue weighted by atomic mass is 16.5. The maximum absolute atomic E-state index is 12.4. The standard InChI is InChI=1S/C15H25N5O3/c1-11(2)8-20-13-12(14(21)18(5)15(20)22)19(9-16-13)10-23-7-6-17(3)4/h9,11H,6-8,10H2,1-5H3. The van der Waals surface area contributed by atoms with E-state index in [4.69, 9.17) is 4.74 Å². The van der Waals surface area contributed by atoms with Gasteiger partial charge in [0.2, 0.25) is 0 Å². The zero-order chi connectivity index (χ0) is 17.1. The van der Waals surface area contributed by atoms with Crippen LogP contribution < -0.4 is 11.2 Å². The summed E-state index contributed by atoms with van der Waals surface area (Å²) in [5.74, 6) is 0.273. The van der Waals surface area contributed by atoms with Crippen molar-refractivity contribution in [2.75, 3.05) is 27.2 Å². The largest absolute Gasteiger partial charge is 0.359 e. The lowest BCUT2D eigenvalue weighted by Crippen LogP contribution is -2.39. The molecule has 0 bridgehead atoms. The minimum atomic E-state index is -0.348. The van der Waals surface area contributed by atoms with E-state index in [0.717, 1.165) is 11.1 Å². The first-order valence-electron chi connectivity index (χ1n) is 7.70. The summed E-state index contributed by atoms with van der Waals surface area (Å²) in [4.78, 5) is 31.0. The van der Waals surface area contributed by atoms with E-state index in [0.29, 0.717) is 24.3 Å². The van der Waals surface area contributed by atoms with E-state index in [2.05, 4.69) is 4.98 Å². The zero-order valence-electron chi connectivity index (χ0n) is 14.4. The van der Waals surface area contributed by atoms with Crippen LogP contribution in [0.3, 0.4) is 0 Å². The number of nitrogens with zero attached hydrogens (tertiary/aromatic N) is 5. The van der Waals surface area contributed by atoms with Crippen molar-refractivity contribution in [1.29, 1.82) is 0 Å². The van der Waals surface area contributed by atoms with Gasteiger partial charge in [-0.25, -0.2) is 9.78 Å². The Morgan fingerprint density at radius 1 is 1.30 bits per heavy atom. The molecule has 0 saturated carbocycles. The molecule has 2 aromatic rings. The molecule has 0 aliphatic rings. The van der Waals surface area contributed by atoms with Crippen molar-refractivity contribution in [3.63, 3.8) is 0 Å². The summed E-state index contributed by atoms with van der Waals surface area (Å²) in [6.07, 6.45) is 1.55. The lowest BCUT2D eigenvalue weighted by molar-refractivity contribution is 0.0682. The highest BCUT2D eigenvalue weighted by Crippen LogP contribution is 2.08. The van der Waals surface area contributed by atoms with Crippen molar-refractivity contribution >= 4 is 11.2 Å². The fraction of sp³-hybridized carbons (Fsp3) is 0.667. The van der Waals surface area contributed by atoms with Crippen LogP contribution in [0.5, 0.6) is 0 Å². The number of hydrogen-bond acceptors (Lipinski definition) is 5. The number of imidazole rings is 1. The molecule has 2 rings (SSSR count). The first kappa shape index (κ1) is 17.4. The van der Waals surface area contributed by atoms with Gasteiger partial charge in [0.25, 0.3) is 5.56 Å².